The van der Waals surface area contributed by atoms with Crippen LogP contribution in [0.15, 0.2) is 30.5 Å². The molecule has 0 bridgehead atoms. The smallest absolute Gasteiger partial charge is 0.298 e. The fraction of sp³-hybridized carbons (Fsp3) is 0.250. The molecule has 0 spiro atoms. The van der Waals surface area contributed by atoms with Gasteiger partial charge in [0.1, 0.15) is 0 Å². The van der Waals surface area contributed by atoms with Gasteiger partial charge in [0.15, 0.2) is 10.3 Å². The van der Waals surface area contributed by atoms with Gasteiger partial charge in [-0.2, -0.15) is 4.39 Å². The molecule has 7 heteroatoms. The number of hydrogen-bond donors (Lipinski definition) is 0. The van der Waals surface area contributed by atoms with Crippen LogP contribution in [0.25, 0.3) is 0 Å². The van der Waals surface area contributed by atoms with Crippen LogP contribution in [0, 0.1) is 17.0 Å². The first-order valence-electron chi connectivity index (χ1n) is 6.93. The summed E-state index contributed by atoms with van der Waals surface area (Å²) in [6.07, 6.45) is 1.20. The number of likely N-dealkylation sites (tertiary alicyclic amines) is 1. The minimum absolute atomic E-state index is 0.137. The number of benzene rings is 1. The van der Waals surface area contributed by atoms with E-state index < -0.39 is 0 Å². The van der Waals surface area contributed by atoms with Crippen molar-refractivity contribution in [1.29, 1.82) is 0 Å². The van der Waals surface area contributed by atoms with Crippen molar-refractivity contribution in [2.75, 3.05) is 25.0 Å². The molecule has 0 atom stereocenters. The van der Waals surface area contributed by atoms with Crippen molar-refractivity contribution >= 4 is 34.0 Å². The molecule has 1 aliphatic heterocycles. The van der Waals surface area contributed by atoms with Crippen LogP contribution in [-0.2, 0) is 4.79 Å². The summed E-state index contributed by atoms with van der Waals surface area (Å²) in [4.78, 5) is 19.6. The van der Waals surface area contributed by atoms with Gasteiger partial charge >= 0.3 is 0 Å². The van der Waals surface area contributed by atoms with Crippen LogP contribution < -0.4 is 4.90 Å². The van der Waals surface area contributed by atoms with Crippen molar-refractivity contribution in [3.8, 4) is 11.8 Å². The predicted molar refractivity (Wildman–Crippen MR) is 89.2 cm³/mol. The number of nitrogens with zero attached hydrogens (tertiary/aromatic N) is 3. The second-order valence-corrected chi connectivity index (χ2v) is 6.58. The summed E-state index contributed by atoms with van der Waals surface area (Å²) in [5.41, 5.74) is 0.707. The van der Waals surface area contributed by atoms with E-state index in [-0.39, 0.29) is 17.1 Å². The van der Waals surface area contributed by atoms with Gasteiger partial charge in [-0.3, -0.25) is 4.79 Å². The first-order chi connectivity index (χ1) is 11.0. The SMILES string of the molecule is CN(c1ncc(F)s1)C1CN(C(=O)C#Cc2cccc(Cl)c2)C1. The molecule has 1 aromatic carbocycles. The van der Waals surface area contributed by atoms with Crippen molar-refractivity contribution in [1.82, 2.24) is 9.88 Å². The first kappa shape index (κ1) is 15.8. The van der Waals surface area contributed by atoms with Crippen LogP contribution >= 0.6 is 22.9 Å². The van der Waals surface area contributed by atoms with Crippen molar-refractivity contribution in [3.63, 3.8) is 0 Å². The Balaban J connectivity index is 1.56. The molecule has 0 unspecified atom stereocenters. The van der Waals surface area contributed by atoms with Gasteiger partial charge in [0.25, 0.3) is 5.91 Å². The lowest BCUT2D eigenvalue weighted by atomic mass is 10.1. The topological polar surface area (TPSA) is 36.4 Å². The van der Waals surface area contributed by atoms with Gasteiger partial charge in [0.2, 0.25) is 0 Å². The second-order valence-electron chi connectivity index (χ2n) is 5.18. The molecule has 0 saturated carbocycles. The Bertz CT molecular complexity index is 792. The molecule has 0 N–H and O–H groups in total. The highest BCUT2D eigenvalue weighted by molar-refractivity contribution is 7.14. The number of likely N-dealkylation sites (N-methyl/N-ethyl adjacent to an activating group) is 1. The minimum Gasteiger partial charge on any atom is -0.345 e. The van der Waals surface area contributed by atoms with E-state index in [4.69, 9.17) is 11.6 Å². The number of amides is 1. The standard InChI is InChI=1S/C16H13ClFN3OS/c1-20(16-19-8-14(18)23-16)13-9-21(10-13)15(22)6-5-11-3-2-4-12(17)7-11/h2-4,7-8,13H,9-10H2,1H3. The highest BCUT2D eigenvalue weighted by atomic mass is 35.5. The van der Waals surface area contributed by atoms with E-state index in [0.29, 0.717) is 28.8 Å². The van der Waals surface area contributed by atoms with E-state index in [2.05, 4.69) is 16.8 Å². The van der Waals surface area contributed by atoms with Gasteiger partial charge in [-0.1, -0.05) is 34.9 Å². The lowest BCUT2D eigenvalue weighted by Crippen LogP contribution is -2.60. The molecule has 2 aromatic rings. The third-order valence-electron chi connectivity index (χ3n) is 3.60. The zero-order valence-corrected chi connectivity index (χ0v) is 13.9. The van der Waals surface area contributed by atoms with Gasteiger partial charge in [-0.15, -0.1) is 0 Å². The molecule has 3 rings (SSSR count). The number of anilines is 1. The van der Waals surface area contributed by atoms with E-state index in [0.717, 1.165) is 11.3 Å². The van der Waals surface area contributed by atoms with Crippen LogP contribution in [-0.4, -0.2) is 42.0 Å². The molecule has 1 saturated heterocycles. The maximum Gasteiger partial charge on any atom is 0.298 e. The average Bonchev–Trinajstić information content (AvgIpc) is 2.90. The van der Waals surface area contributed by atoms with Gasteiger partial charge in [0.05, 0.1) is 12.2 Å². The maximum atomic E-state index is 13.0. The van der Waals surface area contributed by atoms with Gasteiger partial charge in [-0.25, -0.2) is 4.98 Å². The van der Waals surface area contributed by atoms with Crippen molar-refractivity contribution < 1.29 is 9.18 Å². The number of thiazole rings is 1. The summed E-state index contributed by atoms with van der Waals surface area (Å²) in [7, 11) is 1.85. The van der Waals surface area contributed by atoms with E-state index in [9.17, 15) is 9.18 Å². The molecule has 0 radical (unpaired) electrons. The zero-order valence-electron chi connectivity index (χ0n) is 12.3. The fourth-order valence-electron chi connectivity index (χ4n) is 2.20. The zero-order chi connectivity index (χ0) is 16.4. The van der Waals surface area contributed by atoms with E-state index >= 15 is 0 Å². The third kappa shape index (κ3) is 3.63. The van der Waals surface area contributed by atoms with Crippen LogP contribution in [0.3, 0.4) is 0 Å². The average molecular weight is 350 g/mol. The Morgan fingerprint density at radius 3 is 2.96 bits per heavy atom. The third-order valence-corrected chi connectivity index (χ3v) is 4.71. The van der Waals surface area contributed by atoms with Crippen LogP contribution in [0.2, 0.25) is 5.02 Å². The molecule has 4 nitrogen and oxygen atoms in total. The Morgan fingerprint density at radius 1 is 1.52 bits per heavy atom. The summed E-state index contributed by atoms with van der Waals surface area (Å²) in [5.74, 6) is 5.21. The van der Waals surface area contributed by atoms with E-state index in [1.807, 2.05) is 11.9 Å². The summed E-state index contributed by atoms with van der Waals surface area (Å²) in [6.45, 7) is 1.11. The molecule has 0 aliphatic carbocycles. The molecule has 1 fully saturated rings. The van der Waals surface area contributed by atoms with Crippen LogP contribution in [0.5, 0.6) is 0 Å². The lowest BCUT2D eigenvalue weighted by molar-refractivity contribution is -0.129. The maximum absolute atomic E-state index is 13.0. The number of halogens is 2. The largest absolute Gasteiger partial charge is 0.345 e. The minimum atomic E-state index is -0.313. The number of carbonyl (C=O) groups is 1. The van der Waals surface area contributed by atoms with Crippen molar-refractivity contribution in [3.05, 3.63) is 46.2 Å². The molecule has 1 aromatic heterocycles. The number of hydrogen-bond acceptors (Lipinski definition) is 4. The Kier molecular flexibility index (Phi) is 4.51. The van der Waals surface area contributed by atoms with Gasteiger partial charge in [0, 0.05) is 36.6 Å². The van der Waals surface area contributed by atoms with Crippen LogP contribution in [0.1, 0.15) is 5.56 Å². The van der Waals surface area contributed by atoms with E-state index in [1.165, 1.54) is 6.20 Å². The normalized spacial score (nSPS) is 14.0. The van der Waals surface area contributed by atoms with Crippen molar-refractivity contribution in [2.24, 2.45) is 0 Å². The van der Waals surface area contributed by atoms with Crippen LogP contribution in [0.4, 0.5) is 9.52 Å². The first-order valence-corrected chi connectivity index (χ1v) is 8.13. The molecule has 2 heterocycles. The monoisotopic (exact) mass is 349 g/mol. The molecular weight excluding hydrogens is 337 g/mol. The van der Waals surface area contributed by atoms with E-state index in [1.54, 1.807) is 29.2 Å². The number of carbonyl (C=O) groups excluding carboxylic acids is 1. The summed E-state index contributed by atoms with van der Waals surface area (Å²) in [5, 5.41) is 0.890. The quantitative estimate of drug-likeness (QED) is 0.782. The second kappa shape index (κ2) is 6.57. The summed E-state index contributed by atoms with van der Waals surface area (Å²) < 4.78 is 13.0. The fourth-order valence-corrected chi connectivity index (χ4v) is 3.07. The van der Waals surface area contributed by atoms with Gasteiger partial charge in [-0.05, 0) is 18.2 Å². The Hall–Kier alpha value is -2.10. The molecule has 23 heavy (non-hydrogen) atoms. The number of rotatable bonds is 2. The highest BCUT2D eigenvalue weighted by Gasteiger charge is 2.33. The number of aromatic nitrogens is 1. The molecule has 1 amide bonds. The Labute approximate surface area is 142 Å². The lowest BCUT2D eigenvalue weighted by Gasteiger charge is -2.42. The Morgan fingerprint density at radius 2 is 2.30 bits per heavy atom. The predicted octanol–water partition coefficient (Wildman–Crippen LogP) is 2.63. The summed E-state index contributed by atoms with van der Waals surface area (Å²) in [6, 6.07) is 7.20. The highest BCUT2D eigenvalue weighted by Crippen LogP contribution is 2.25. The molecular formula is C16H13ClFN3OS. The molecule has 1 aliphatic rings. The summed E-state index contributed by atoms with van der Waals surface area (Å²) >= 11 is 6.87. The van der Waals surface area contributed by atoms with Gasteiger partial charge < -0.3 is 9.80 Å². The van der Waals surface area contributed by atoms with Crippen molar-refractivity contribution in [2.45, 2.75) is 6.04 Å². The molecule has 118 valence electrons.